The molecule has 2 amide bonds. The normalized spacial score (nSPS) is 14.9. The molecule has 0 atom stereocenters. The first-order chi connectivity index (χ1) is 15.2. The van der Waals surface area contributed by atoms with Gasteiger partial charge in [-0.15, -0.1) is 0 Å². The first kappa shape index (κ1) is 23.8. The highest BCUT2D eigenvalue weighted by atomic mass is 32.2. The minimum Gasteiger partial charge on any atom is -0.493 e. The van der Waals surface area contributed by atoms with Crippen LogP contribution in [0.3, 0.4) is 0 Å². The molecule has 2 aromatic carbocycles. The largest absolute Gasteiger partial charge is 0.493 e. The van der Waals surface area contributed by atoms with E-state index in [1.165, 1.54) is 18.9 Å². The van der Waals surface area contributed by atoms with Crippen molar-refractivity contribution in [1.82, 2.24) is 4.90 Å². The number of nitrogens with zero attached hydrogens (tertiary/aromatic N) is 1. The van der Waals surface area contributed by atoms with E-state index in [1.54, 1.807) is 23.1 Å². The Kier molecular flexibility index (Phi) is 7.58. The summed E-state index contributed by atoms with van der Waals surface area (Å²) in [6.45, 7) is 7.66. The van der Waals surface area contributed by atoms with Crippen LogP contribution in [0.1, 0.15) is 30.5 Å². The molecule has 32 heavy (non-hydrogen) atoms. The van der Waals surface area contributed by atoms with Crippen molar-refractivity contribution in [1.29, 1.82) is 0 Å². The Bertz CT molecular complexity index is 1100. The lowest BCUT2D eigenvalue weighted by molar-refractivity contribution is -0.123. The van der Waals surface area contributed by atoms with Crippen LogP contribution in [-0.4, -0.2) is 40.8 Å². The van der Waals surface area contributed by atoms with E-state index in [1.807, 2.05) is 52.0 Å². The van der Waals surface area contributed by atoms with E-state index in [-0.39, 0.29) is 24.5 Å². The molecule has 1 fully saturated rings. The summed E-state index contributed by atoms with van der Waals surface area (Å²) in [6.07, 6.45) is 1.78. The molecule has 0 saturated carbocycles. The average Bonchev–Trinajstić information content (AvgIpc) is 3.03. The summed E-state index contributed by atoms with van der Waals surface area (Å²) in [7, 11) is 1.53. The van der Waals surface area contributed by atoms with Gasteiger partial charge >= 0.3 is 0 Å². The molecule has 1 saturated heterocycles. The number of hydrogen-bond donors (Lipinski definition) is 1. The lowest BCUT2D eigenvalue weighted by Gasteiger charge is -2.18. The van der Waals surface area contributed by atoms with Crippen LogP contribution in [0.4, 0.5) is 5.69 Å². The standard InChI is InChI=1S/C24H26N2O4S2/c1-14(2)26-23(28)21(32-24(26)31)12-17-9-10-19(20(11-17)29-5)30-13-22(27)25-18-8-6-7-15(3)16(18)4/h6-12,14H,13H2,1-5H3,(H,25,27)/b21-12-. The third kappa shape index (κ3) is 5.31. The van der Waals surface area contributed by atoms with Gasteiger partial charge in [0.2, 0.25) is 0 Å². The third-order valence-corrected chi connectivity index (χ3v) is 6.39. The number of thioether (sulfide) groups is 1. The van der Waals surface area contributed by atoms with Gasteiger partial charge in [-0.05, 0) is 68.7 Å². The molecule has 0 bridgehead atoms. The van der Waals surface area contributed by atoms with Gasteiger partial charge in [-0.2, -0.15) is 0 Å². The molecule has 0 spiro atoms. The Morgan fingerprint density at radius 2 is 1.97 bits per heavy atom. The van der Waals surface area contributed by atoms with Crippen LogP contribution < -0.4 is 14.8 Å². The summed E-state index contributed by atoms with van der Waals surface area (Å²) in [5.41, 5.74) is 3.66. The molecule has 3 rings (SSSR count). The lowest BCUT2D eigenvalue weighted by Crippen LogP contribution is -2.34. The zero-order chi connectivity index (χ0) is 23.4. The summed E-state index contributed by atoms with van der Waals surface area (Å²) in [6, 6.07) is 11.1. The van der Waals surface area contributed by atoms with Gasteiger partial charge in [0.15, 0.2) is 18.1 Å². The average molecular weight is 471 g/mol. The van der Waals surface area contributed by atoms with E-state index in [4.69, 9.17) is 21.7 Å². The topological polar surface area (TPSA) is 67.9 Å². The quantitative estimate of drug-likeness (QED) is 0.457. The lowest BCUT2D eigenvalue weighted by atomic mass is 10.1. The highest BCUT2D eigenvalue weighted by Crippen LogP contribution is 2.35. The second kappa shape index (κ2) is 10.2. The highest BCUT2D eigenvalue weighted by molar-refractivity contribution is 8.26. The van der Waals surface area contributed by atoms with Crippen molar-refractivity contribution in [3.8, 4) is 11.5 Å². The predicted octanol–water partition coefficient (Wildman–Crippen LogP) is 4.94. The number of carbonyl (C=O) groups is 2. The summed E-state index contributed by atoms with van der Waals surface area (Å²) in [4.78, 5) is 27.1. The predicted molar refractivity (Wildman–Crippen MR) is 133 cm³/mol. The number of rotatable bonds is 7. The van der Waals surface area contributed by atoms with E-state index in [0.717, 1.165) is 22.4 Å². The maximum atomic E-state index is 12.6. The summed E-state index contributed by atoms with van der Waals surface area (Å²) in [5.74, 6) is 0.549. The second-order valence-corrected chi connectivity index (χ2v) is 9.32. The van der Waals surface area contributed by atoms with Gasteiger partial charge in [-0.25, -0.2) is 0 Å². The van der Waals surface area contributed by atoms with Crippen molar-refractivity contribution < 1.29 is 19.1 Å². The number of nitrogens with one attached hydrogen (secondary N) is 1. The van der Waals surface area contributed by atoms with Crippen LogP contribution >= 0.6 is 24.0 Å². The van der Waals surface area contributed by atoms with Crippen molar-refractivity contribution in [2.45, 2.75) is 33.7 Å². The molecule has 0 radical (unpaired) electrons. The molecule has 1 N–H and O–H groups in total. The van der Waals surface area contributed by atoms with E-state index < -0.39 is 0 Å². The molecule has 168 valence electrons. The molecule has 0 aromatic heterocycles. The van der Waals surface area contributed by atoms with Gasteiger partial charge in [-0.3, -0.25) is 14.5 Å². The number of hydrogen-bond acceptors (Lipinski definition) is 6. The van der Waals surface area contributed by atoms with Crippen molar-refractivity contribution in [2.24, 2.45) is 0 Å². The van der Waals surface area contributed by atoms with Gasteiger partial charge in [-0.1, -0.05) is 42.2 Å². The molecule has 8 heteroatoms. The summed E-state index contributed by atoms with van der Waals surface area (Å²) >= 11 is 6.61. The minimum atomic E-state index is -0.262. The summed E-state index contributed by atoms with van der Waals surface area (Å²) < 4.78 is 11.7. The van der Waals surface area contributed by atoms with Crippen LogP contribution in [0.25, 0.3) is 6.08 Å². The van der Waals surface area contributed by atoms with Crippen molar-refractivity contribution >= 4 is 51.9 Å². The highest BCUT2D eigenvalue weighted by Gasteiger charge is 2.33. The fraction of sp³-hybridized carbons (Fsp3) is 0.292. The van der Waals surface area contributed by atoms with Crippen LogP contribution in [0, 0.1) is 13.8 Å². The number of amides is 2. The van der Waals surface area contributed by atoms with Crippen molar-refractivity contribution in [2.75, 3.05) is 19.0 Å². The molecular weight excluding hydrogens is 444 g/mol. The first-order valence-corrected chi connectivity index (χ1v) is 11.4. The number of thiocarbonyl (C=S) groups is 1. The number of benzene rings is 2. The number of methoxy groups -OCH3 is 1. The fourth-order valence-corrected chi connectivity index (χ4v) is 4.71. The summed E-state index contributed by atoms with van der Waals surface area (Å²) in [5, 5.41) is 2.87. The maximum Gasteiger partial charge on any atom is 0.266 e. The van der Waals surface area contributed by atoms with E-state index in [9.17, 15) is 9.59 Å². The smallest absolute Gasteiger partial charge is 0.266 e. The molecule has 1 aliphatic heterocycles. The monoisotopic (exact) mass is 470 g/mol. The number of carbonyl (C=O) groups excluding carboxylic acids is 2. The Hall–Kier alpha value is -2.84. The Morgan fingerprint density at radius 1 is 1.22 bits per heavy atom. The number of anilines is 1. The van der Waals surface area contributed by atoms with E-state index in [2.05, 4.69) is 5.32 Å². The van der Waals surface area contributed by atoms with Crippen LogP contribution in [0.5, 0.6) is 11.5 Å². The zero-order valence-electron chi connectivity index (χ0n) is 18.7. The Balaban J connectivity index is 1.69. The molecule has 0 unspecified atom stereocenters. The fourth-order valence-electron chi connectivity index (χ4n) is 3.19. The maximum absolute atomic E-state index is 12.6. The van der Waals surface area contributed by atoms with Gasteiger partial charge in [0.1, 0.15) is 4.32 Å². The van der Waals surface area contributed by atoms with E-state index in [0.29, 0.717) is 20.7 Å². The van der Waals surface area contributed by atoms with Crippen LogP contribution in [-0.2, 0) is 9.59 Å². The van der Waals surface area contributed by atoms with Gasteiger partial charge in [0.05, 0.1) is 12.0 Å². The zero-order valence-corrected chi connectivity index (χ0v) is 20.4. The number of aryl methyl sites for hydroxylation is 1. The van der Waals surface area contributed by atoms with Gasteiger partial charge in [0, 0.05) is 11.7 Å². The van der Waals surface area contributed by atoms with Crippen molar-refractivity contribution in [3.63, 3.8) is 0 Å². The molecule has 6 nitrogen and oxygen atoms in total. The Labute approximate surface area is 198 Å². The Morgan fingerprint density at radius 3 is 2.62 bits per heavy atom. The first-order valence-electron chi connectivity index (χ1n) is 10.1. The molecular formula is C24H26N2O4S2. The SMILES string of the molecule is COc1cc(/C=C2\SC(=S)N(C(C)C)C2=O)ccc1OCC(=O)Nc1cccc(C)c1C. The second-order valence-electron chi connectivity index (χ2n) is 7.64. The van der Waals surface area contributed by atoms with Crippen LogP contribution in [0.15, 0.2) is 41.3 Å². The molecule has 0 aliphatic carbocycles. The third-order valence-electron chi connectivity index (χ3n) is 5.06. The number of ether oxygens (including phenoxy) is 2. The molecule has 2 aromatic rings. The minimum absolute atomic E-state index is 0.00782. The molecule has 1 aliphatic rings. The van der Waals surface area contributed by atoms with Gasteiger partial charge in [0.25, 0.3) is 11.8 Å². The van der Waals surface area contributed by atoms with Crippen molar-refractivity contribution in [3.05, 3.63) is 58.0 Å². The molecule has 1 heterocycles. The van der Waals surface area contributed by atoms with Gasteiger partial charge < -0.3 is 14.8 Å². The van der Waals surface area contributed by atoms with Crippen LogP contribution in [0.2, 0.25) is 0 Å². The van der Waals surface area contributed by atoms with E-state index >= 15 is 0 Å².